The summed E-state index contributed by atoms with van der Waals surface area (Å²) in [5.41, 5.74) is 5.99. The fraction of sp³-hybridized carbons (Fsp3) is 0.391. The van der Waals surface area contributed by atoms with E-state index in [0.717, 1.165) is 26.1 Å². The topological polar surface area (TPSA) is 97.1 Å². The zero-order chi connectivity index (χ0) is 21.9. The number of nitrogens with two attached hydrogens (primary N) is 1. The summed E-state index contributed by atoms with van der Waals surface area (Å²) in [6.07, 6.45) is 6.93. The normalized spacial score (nSPS) is 15.5. The zero-order valence-corrected chi connectivity index (χ0v) is 17.5. The van der Waals surface area contributed by atoms with Gasteiger partial charge in [0, 0.05) is 18.8 Å². The number of carbonyl (C=O) groups is 2. The molecule has 7 nitrogen and oxygen atoms in total. The molecule has 162 valence electrons. The number of hydrogen-bond acceptors (Lipinski definition) is 6. The van der Waals surface area contributed by atoms with Crippen molar-refractivity contribution in [3.05, 3.63) is 65.7 Å². The van der Waals surface area contributed by atoms with E-state index < -0.39 is 5.91 Å². The molecule has 1 aromatic carbocycles. The van der Waals surface area contributed by atoms with Gasteiger partial charge in [0.05, 0.1) is 24.0 Å². The highest BCUT2D eigenvalue weighted by Crippen LogP contribution is 2.23. The molecular weight excluding hydrogens is 386 g/mol. The zero-order valence-electron chi connectivity index (χ0n) is 17.5. The van der Waals surface area contributed by atoms with E-state index in [1.54, 1.807) is 12.2 Å². The van der Waals surface area contributed by atoms with E-state index in [1.807, 2.05) is 6.92 Å². The number of hydrogen-bond donors (Lipinski definition) is 1. The Labute approximate surface area is 177 Å². The first-order valence-electron chi connectivity index (χ1n) is 9.86. The Morgan fingerprint density at radius 2 is 1.93 bits per heavy atom. The minimum atomic E-state index is -0.650. The first kappa shape index (κ1) is 23.4. The SMILES string of the molecule is C=C/C(=C\C=C(/C)OCCOC1CCOCC1)Oc1cc(C(C)=O)ccc1C(N)=O. The van der Waals surface area contributed by atoms with Crippen LogP contribution in [0.3, 0.4) is 0 Å². The van der Waals surface area contributed by atoms with E-state index in [4.69, 9.17) is 24.7 Å². The predicted octanol–water partition coefficient (Wildman–Crippen LogP) is 3.55. The van der Waals surface area contributed by atoms with Crippen molar-refractivity contribution in [3.63, 3.8) is 0 Å². The number of allylic oxidation sites excluding steroid dienone is 4. The Morgan fingerprint density at radius 1 is 1.20 bits per heavy atom. The summed E-state index contributed by atoms with van der Waals surface area (Å²) in [6.45, 7) is 9.39. The van der Waals surface area contributed by atoms with Crippen molar-refractivity contribution in [3.8, 4) is 5.75 Å². The third kappa shape index (κ3) is 7.50. The summed E-state index contributed by atoms with van der Waals surface area (Å²) >= 11 is 0. The van der Waals surface area contributed by atoms with Crippen LogP contribution >= 0.6 is 0 Å². The highest BCUT2D eigenvalue weighted by atomic mass is 16.5. The first-order valence-corrected chi connectivity index (χ1v) is 9.86. The molecule has 0 aliphatic carbocycles. The minimum Gasteiger partial charge on any atom is -0.496 e. The van der Waals surface area contributed by atoms with Crippen molar-refractivity contribution < 1.29 is 28.5 Å². The van der Waals surface area contributed by atoms with Gasteiger partial charge in [0.15, 0.2) is 5.78 Å². The van der Waals surface area contributed by atoms with Gasteiger partial charge < -0.3 is 24.7 Å². The molecule has 0 saturated carbocycles. The van der Waals surface area contributed by atoms with Gasteiger partial charge in [-0.25, -0.2) is 0 Å². The van der Waals surface area contributed by atoms with Crippen molar-refractivity contribution in [2.45, 2.75) is 32.8 Å². The smallest absolute Gasteiger partial charge is 0.252 e. The Hall–Kier alpha value is -2.90. The summed E-state index contributed by atoms with van der Waals surface area (Å²) < 4.78 is 22.5. The van der Waals surface area contributed by atoms with E-state index in [9.17, 15) is 9.59 Å². The van der Waals surface area contributed by atoms with Gasteiger partial charge in [0.25, 0.3) is 5.91 Å². The third-order valence-corrected chi connectivity index (χ3v) is 4.50. The number of ketones is 1. The summed E-state index contributed by atoms with van der Waals surface area (Å²) in [4.78, 5) is 23.3. The second-order valence-corrected chi connectivity index (χ2v) is 6.81. The maximum Gasteiger partial charge on any atom is 0.252 e. The Bertz CT molecular complexity index is 821. The number of Topliss-reactive ketones (excluding diaryl/α,β-unsaturated/α-hetero) is 1. The molecule has 1 fully saturated rings. The summed E-state index contributed by atoms with van der Waals surface area (Å²) in [5.74, 6) is 0.439. The van der Waals surface area contributed by atoms with Crippen molar-refractivity contribution in [1.82, 2.24) is 0 Å². The summed E-state index contributed by atoms with van der Waals surface area (Å²) in [6, 6.07) is 4.49. The van der Waals surface area contributed by atoms with Crippen LogP contribution in [0.2, 0.25) is 0 Å². The van der Waals surface area contributed by atoms with Gasteiger partial charge in [-0.2, -0.15) is 0 Å². The van der Waals surface area contributed by atoms with Gasteiger partial charge in [-0.1, -0.05) is 12.6 Å². The van der Waals surface area contributed by atoms with Gasteiger partial charge in [-0.3, -0.25) is 9.59 Å². The van der Waals surface area contributed by atoms with Crippen LogP contribution in [0, 0.1) is 0 Å². The fourth-order valence-corrected chi connectivity index (χ4v) is 2.81. The van der Waals surface area contributed by atoms with Crippen molar-refractivity contribution in [2.75, 3.05) is 26.4 Å². The van der Waals surface area contributed by atoms with Gasteiger partial charge in [-0.15, -0.1) is 0 Å². The van der Waals surface area contributed by atoms with Crippen molar-refractivity contribution >= 4 is 11.7 Å². The van der Waals surface area contributed by atoms with Gasteiger partial charge in [-0.05, 0) is 57.0 Å². The lowest BCUT2D eigenvalue weighted by Crippen LogP contribution is -2.24. The molecule has 0 radical (unpaired) electrons. The summed E-state index contributed by atoms with van der Waals surface area (Å²) in [5, 5.41) is 0. The quantitative estimate of drug-likeness (QED) is 0.257. The standard InChI is InChI=1S/C23H29NO6/c1-4-19(30-22-15-18(17(3)25)6-8-21(22)23(24)26)7-5-16(2)28-13-14-29-20-9-11-27-12-10-20/h4-8,15,20H,1,9-14H2,2-3H3,(H2,24,26)/b16-5+,19-7+. The van der Waals surface area contributed by atoms with Crippen LogP contribution in [-0.2, 0) is 14.2 Å². The Balaban J connectivity index is 1.95. The monoisotopic (exact) mass is 415 g/mol. The predicted molar refractivity (Wildman–Crippen MR) is 113 cm³/mol. The molecule has 30 heavy (non-hydrogen) atoms. The molecule has 1 aliphatic heterocycles. The molecule has 1 heterocycles. The number of primary amides is 1. The van der Waals surface area contributed by atoms with Crippen LogP contribution in [0.5, 0.6) is 5.75 Å². The van der Waals surface area contributed by atoms with Crippen molar-refractivity contribution in [1.29, 1.82) is 0 Å². The van der Waals surface area contributed by atoms with E-state index in [2.05, 4.69) is 6.58 Å². The lowest BCUT2D eigenvalue weighted by Gasteiger charge is -2.22. The van der Waals surface area contributed by atoms with Crippen LogP contribution in [0.15, 0.2) is 54.5 Å². The van der Waals surface area contributed by atoms with E-state index in [0.29, 0.717) is 30.3 Å². The largest absolute Gasteiger partial charge is 0.496 e. The number of ether oxygens (including phenoxy) is 4. The molecule has 1 aliphatic rings. The maximum absolute atomic E-state index is 11.7. The average Bonchev–Trinajstić information content (AvgIpc) is 2.74. The Kier molecular flexibility index (Phi) is 9.31. The highest BCUT2D eigenvalue weighted by Gasteiger charge is 2.14. The average molecular weight is 415 g/mol. The van der Waals surface area contributed by atoms with E-state index in [-0.39, 0.29) is 23.2 Å². The molecule has 1 aromatic rings. The fourth-order valence-electron chi connectivity index (χ4n) is 2.81. The maximum atomic E-state index is 11.7. The molecule has 2 rings (SSSR count). The molecule has 0 spiro atoms. The van der Waals surface area contributed by atoms with Crippen LogP contribution in [0.1, 0.15) is 47.4 Å². The van der Waals surface area contributed by atoms with Crippen molar-refractivity contribution in [2.24, 2.45) is 5.73 Å². The molecule has 0 unspecified atom stereocenters. The number of amides is 1. The highest BCUT2D eigenvalue weighted by molar-refractivity contribution is 5.99. The lowest BCUT2D eigenvalue weighted by molar-refractivity contribution is -0.0436. The summed E-state index contributed by atoms with van der Waals surface area (Å²) in [7, 11) is 0. The van der Waals surface area contributed by atoms with Gasteiger partial charge in [0.2, 0.25) is 0 Å². The van der Waals surface area contributed by atoms with Crippen LogP contribution < -0.4 is 10.5 Å². The molecule has 2 N–H and O–H groups in total. The van der Waals surface area contributed by atoms with Crippen LogP contribution in [-0.4, -0.2) is 44.2 Å². The molecule has 0 bridgehead atoms. The molecule has 1 amide bonds. The third-order valence-electron chi connectivity index (χ3n) is 4.50. The molecule has 0 atom stereocenters. The number of benzene rings is 1. The van der Waals surface area contributed by atoms with Gasteiger partial charge in [0.1, 0.15) is 18.1 Å². The van der Waals surface area contributed by atoms with Crippen LogP contribution in [0.4, 0.5) is 0 Å². The first-order chi connectivity index (χ1) is 14.4. The Morgan fingerprint density at radius 3 is 2.57 bits per heavy atom. The van der Waals surface area contributed by atoms with E-state index >= 15 is 0 Å². The molecule has 1 saturated heterocycles. The number of rotatable bonds is 11. The molecular formula is C23H29NO6. The second-order valence-electron chi connectivity index (χ2n) is 6.81. The second kappa shape index (κ2) is 11.9. The van der Waals surface area contributed by atoms with Gasteiger partial charge >= 0.3 is 0 Å². The molecule has 7 heteroatoms. The van der Waals surface area contributed by atoms with Crippen LogP contribution in [0.25, 0.3) is 0 Å². The number of carbonyl (C=O) groups excluding carboxylic acids is 2. The lowest BCUT2D eigenvalue weighted by atomic mass is 10.1. The molecule has 0 aromatic heterocycles. The van der Waals surface area contributed by atoms with E-state index in [1.165, 1.54) is 31.2 Å². The minimum absolute atomic E-state index is 0.146.